The van der Waals surface area contributed by atoms with Crippen LogP contribution in [-0.2, 0) is 11.2 Å². The van der Waals surface area contributed by atoms with Crippen molar-refractivity contribution in [3.05, 3.63) is 18.0 Å². The summed E-state index contributed by atoms with van der Waals surface area (Å²) in [4.78, 5) is 12.2. The molecule has 0 amide bonds. The number of Topliss-reactive ketones (excluding diaryl/α,β-unsaturated/α-hetero) is 1. The van der Waals surface area contributed by atoms with Crippen LogP contribution in [0.25, 0.3) is 0 Å². The maximum atomic E-state index is 12.2. The van der Waals surface area contributed by atoms with E-state index >= 15 is 0 Å². The van der Waals surface area contributed by atoms with Crippen LogP contribution in [0.5, 0.6) is 0 Å². The average Bonchev–Trinajstić information content (AvgIpc) is 2.76. The zero-order chi connectivity index (χ0) is 16.0. The lowest BCUT2D eigenvalue weighted by atomic mass is 9.83. The number of hydrogen-bond donors (Lipinski definition) is 0. The number of rotatable bonds is 8. The van der Waals surface area contributed by atoms with E-state index in [4.69, 9.17) is 0 Å². The molecule has 1 aromatic rings. The number of hydrogen-bond acceptors (Lipinski definition) is 2. The van der Waals surface area contributed by atoms with Gasteiger partial charge in [-0.05, 0) is 36.7 Å². The van der Waals surface area contributed by atoms with Crippen LogP contribution in [0, 0.1) is 11.3 Å². The van der Waals surface area contributed by atoms with Gasteiger partial charge in [-0.1, -0.05) is 41.5 Å². The van der Waals surface area contributed by atoms with Gasteiger partial charge in [-0.15, -0.1) is 0 Å². The highest BCUT2D eigenvalue weighted by molar-refractivity contribution is 5.80. The Morgan fingerprint density at radius 3 is 2.43 bits per heavy atom. The zero-order valence-corrected chi connectivity index (χ0v) is 14.6. The minimum absolute atomic E-state index is 0.288. The van der Waals surface area contributed by atoms with Crippen LogP contribution >= 0.6 is 0 Å². The summed E-state index contributed by atoms with van der Waals surface area (Å²) in [5.74, 6) is 0.750. The number of carbonyl (C=O) groups is 1. The third kappa shape index (κ3) is 6.45. The van der Waals surface area contributed by atoms with Gasteiger partial charge in [0.15, 0.2) is 0 Å². The predicted molar refractivity (Wildman–Crippen MR) is 88.4 cm³/mol. The molecular formula is C18H32N2O. The molecule has 0 aliphatic heterocycles. The van der Waals surface area contributed by atoms with Crippen molar-refractivity contribution in [2.45, 2.75) is 79.7 Å². The minimum Gasteiger partial charge on any atom is -0.299 e. The molecule has 1 heterocycles. The Bertz CT molecular complexity index is 438. The molecule has 0 aliphatic rings. The zero-order valence-electron chi connectivity index (χ0n) is 14.6. The Morgan fingerprint density at radius 1 is 1.29 bits per heavy atom. The van der Waals surface area contributed by atoms with Crippen LogP contribution < -0.4 is 0 Å². The molecule has 0 fully saturated rings. The van der Waals surface area contributed by atoms with Crippen molar-refractivity contribution in [3.63, 3.8) is 0 Å². The fourth-order valence-corrected chi connectivity index (χ4v) is 3.12. The molecule has 0 N–H and O–H groups in total. The van der Waals surface area contributed by atoms with E-state index in [2.05, 4.69) is 46.6 Å². The molecular weight excluding hydrogens is 260 g/mol. The second-order valence-electron chi connectivity index (χ2n) is 7.55. The highest BCUT2D eigenvalue weighted by Gasteiger charge is 2.18. The molecule has 0 radical (unpaired) electrons. The van der Waals surface area contributed by atoms with Gasteiger partial charge in [0.25, 0.3) is 0 Å². The highest BCUT2D eigenvalue weighted by Crippen LogP contribution is 2.26. The first-order valence-corrected chi connectivity index (χ1v) is 8.30. The summed E-state index contributed by atoms with van der Waals surface area (Å²) in [7, 11) is 0. The molecule has 0 bridgehead atoms. The first-order chi connectivity index (χ1) is 9.75. The monoisotopic (exact) mass is 292 g/mol. The van der Waals surface area contributed by atoms with Crippen LogP contribution in [-0.4, -0.2) is 15.6 Å². The summed E-state index contributed by atoms with van der Waals surface area (Å²) in [5.41, 5.74) is 1.20. The van der Waals surface area contributed by atoms with Crippen LogP contribution in [0.4, 0.5) is 0 Å². The van der Waals surface area contributed by atoms with Gasteiger partial charge in [-0.25, -0.2) is 0 Å². The Balaban J connectivity index is 2.52. The molecule has 3 nitrogen and oxygen atoms in total. The van der Waals surface area contributed by atoms with Crippen molar-refractivity contribution in [2.24, 2.45) is 11.3 Å². The lowest BCUT2D eigenvalue weighted by molar-refractivity contribution is -0.119. The van der Waals surface area contributed by atoms with Crippen molar-refractivity contribution in [3.8, 4) is 0 Å². The molecule has 0 spiro atoms. The average molecular weight is 292 g/mol. The van der Waals surface area contributed by atoms with Gasteiger partial charge in [-0.3, -0.25) is 9.48 Å². The molecule has 0 aromatic carbocycles. The smallest absolute Gasteiger partial charge is 0.139 e. The molecule has 0 saturated heterocycles. The van der Waals surface area contributed by atoms with Crippen molar-refractivity contribution in [1.82, 2.24) is 9.78 Å². The van der Waals surface area contributed by atoms with Crippen molar-refractivity contribution < 1.29 is 4.79 Å². The molecule has 1 rings (SSSR count). The first kappa shape index (κ1) is 17.9. The Kier molecular flexibility index (Phi) is 6.63. The van der Waals surface area contributed by atoms with Crippen molar-refractivity contribution in [2.75, 3.05) is 0 Å². The number of nitrogens with zero attached hydrogens (tertiary/aromatic N) is 2. The van der Waals surface area contributed by atoms with Gasteiger partial charge >= 0.3 is 0 Å². The molecule has 1 atom stereocenters. The van der Waals surface area contributed by atoms with Crippen LogP contribution in [0.15, 0.2) is 12.3 Å². The third-order valence-electron chi connectivity index (χ3n) is 3.90. The van der Waals surface area contributed by atoms with E-state index in [1.54, 1.807) is 0 Å². The second-order valence-corrected chi connectivity index (χ2v) is 7.55. The Hall–Kier alpha value is -1.12. The van der Waals surface area contributed by atoms with Gasteiger partial charge in [0.1, 0.15) is 5.78 Å². The van der Waals surface area contributed by atoms with Crippen LogP contribution in [0.3, 0.4) is 0 Å². The molecule has 1 aromatic heterocycles. The Morgan fingerprint density at radius 2 is 1.90 bits per heavy atom. The fraction of sp³-hybridized carbons (Fsp3) is 0.778. The normalized spacial score (nSPS) is 13.7. The van der Waals surface area contributed by atoms with E-state index in [0.717, 1.165) is 25.0 Å². The molecule has 0 saturated carbocycles. The minimum atomic E-state index is 0.288. The largest absolute Gasteiger partial charge is 0.299 e. The summed E-state index contributed by atoms with van der Waals surface area (Å²) < 4.78 is 2.02. The van der Waals surface area contributed by atoms with Gasteiger partial charge in [0.2, 0.25) is 0 Å². The highest BCUT2D eigenvalue weighted by atomic mass is 16.1. The lowest BCUT2D eigenvalue weighted by Gasteiger charge is -2.22. The molecule has 3 heteroatoms. The van der Waals surface area contributed by atoms with Gasteiger partial charge in [0.05, 0.1) is 18.2 Å². The van der Waals surface area contributed by atoms with E-state index in [-0.39, 0.29) is 5.41 Å². The van der Waals surface area contributed by atoms with E-state index < -0.39 is 0 Å². The Labute approximate surface area is 130 Å². The summed E-state index contributed by atoms with van der Waals surface area (Å²) in [6.07, 6.45) is 6.39. The number of ketones is 1. The molecule has 21 heavy (non-hydrogen) atoms. The summed E-state index contributed by atoms with van der Waals surface area (Å²) in [6.45, 7) is 13.2. The summed E-state index contributed by atoms with van der Waals surface area (Å²) in [6, 6.07) is 2.44. The van der Waals surface area contributed by atoms with Gasteiger partial charge < -0.3 is 0 Å². The second kappa shape index (κ2) is 7.77. The van der Waals surface area contributed by atoms with E-state index in [1.807, 2.05) is 16.9 Å². The molecule has 1 unspecified atom stereocenters. The van der Waals surface area contributed by atoms with E-state index in [0.29, 0.717) is 30.6 Å². The van der Waals surface area contributed by atoms with Gasteiger partial charge in [-0.2, -0.15) is 5.10 Å². The van der Waals surface area contributed by atoms with Crippen LogP contribution in [0.1, 0.15) is 79.0 Å². The molecule has 120 valence electrons. The maximum Gasteiger partial charge on any atom is 0.139 e. The van der Waals surface area contributed by atoms with Gasteiger partial charge in [0, 0.05) is 12.6 Å². The van der Waals surface area contributed by atoms with E-state index in [1.165, 1.54) is 0 Å². The fourth-order valence-electron chi connectivity index (χ4n) is 3.12. The maximum absolute atomic E-state index is 12.2. The third-order valence-corrected chi connectivity index (χ3v) is 3.90. The van der Waals surface area contributed by atoms with Crippen molar-refractivity contribution >= 4 is 5.78 Å². The SMILES string of the molecule is CCC(CC)n1ccc(CC(=O)CC(C)CC(C)(C)C)n1. The number of aromatic nitrogens is 2. The molecule has 0 aliphatic carbocycles. The van der Waals surface area contributed by atoms with Crippen molar-refractivity contribution in [1.29, 1.82) is 0 Å². The topological polar surface area (TPSA) is 34.9 Å². The summed E-state index contributed by atoms with van der Waals surface area (Å²) >= 11 is 0. The van der Waals surface area contributed by atoms with E-state index in [9.17, 15) is 4.79 Å². The standard InChI is InChI=1S/C18H32N2O/c1-7-16(8-2)20-10-9-15(19-20)12-17(21)11-14(3)13-18(4,5)6/h9-10,14,16H,7-8,11-13H2,1-6H3. The predicted octanol–water partition coefficient (Wildman–Crippen LogP) is 4.82. The number of carbonyl (C=O) groups excluding carboxylic acids is 1. The van der Waals surface area contributed by atoms with Crippen LogP contribution in [0.2, 0.25) is 0 Å². The lowest BCUT2D eigenvalue weighted by Crippen LogP contribution is -2.15. The first-order valence-electron chi connectivity index (χ1n) is 8.30. The summed E-state index contributed by atoms with van der Waals surface area (Å²) in [5, 5.41) is 4.57. The quantitative estimate of drug-likeness (QED) is 0.688.